The molecular formula is C19H17N5O2. The number of hydrogen-bond acceptors (Lipinski definition) is 5. The van der Waals surface area contributed by atoms with Crippen molar-refractivity contribution in [1.29, 1.82) is 0 Å². The Morgan fingerprint density at radius 1 is 1.08 bits per heavy atom. The summed E-state index contributed by atoms with van der Waals surface area (Å²) in [5.41, 5.74) is 3.16. The SMILES string of the molecule is O=c1ccc2ccc(N3CCOCC3)cc2n1-c1nc2ncccc2[nH]1. The Labute approximate surface area is 148 Å². The van der Waals surface area contributed by atoms with Crippen LogP contribution in [0, 0.1) is 0 Å². The molecule has 7 heteroatoms. The minimum atomic E-state index is -0.129. The quantitative estimate of drug-likeness (QED) is 0.601. The molecule has 26 heavy (non-hydrogen) atoms. The number of nitrogens with zero attached hydrogens (tertiary/aromatic N) is 4. The lowest BCUT2D eigenvalue weighted by Gasteiger charge is -2.29. The first-order valence-electron chi connectivity index (χ1n) is 8.59. The number of morpholine rings is 1. The second-order valence-electron chi connectivity index (χ2n) is 6.28. The van der Waals surface area contributed by atoms with Crippen LogP contribution in [-0.4, -0.2) is 45.8 Å². The van der Waals surface area contributed by atoms with E-state index < -0.39 is 0 Å². The standard InChI is InChI=1S/C19H17N5O2/c25-17-6-4-13-3-5-14(23-8-10-26-11-9-23)12-16(13)24(17)19-21-15-2-1-7-20-18(15)22-19/h1-7,12H,8-11H2,(H,20,21,22). The summed E-state index contributed by atoms with van der Waals surface area (Å²) in [5, 5.41) is 0.982. The summed E-state index contributed by atoms with van der Waals surface area (Å²) < 4.78 is 7.05. The highest BCUT2D eigenvalue weighted by atomic mass is 16.5. The lowest BCUT2D eigenvalue weighted by molar-refractivity contribution is 0.122. The van der Waals surface area contributed by atoms with Gasteiger partial charge in [-0.1, -0.05) is 6.07 Å². The molecule has 3 aromatic heterocycles. The van der Waals surface area contributed by atoms with Crippen molar-refractivity contribution in [3.63, 3.8) is 0 Å². The Hall–Kier alpha value is -3.19. The lowest BCUT2D eigenvalue weighted by atomic mass is 10.1. The van der Waals surface area contributed by atoms with Crippen molar-refractivity contribution in [2.75, 3.05) is 31.2 Å². The van der Waals surface area contributed by atoms with Gasteiger partial charge in [-0.25, -0.2) is 9.55 Å². The van der Waals surface area contributed by atoms with E-state index in [1.54, 1.807) is 16.8 Å². The predicted molar refractivity (Wildman–Crippen MR) is 100 cm³/mol. The zero-order valence-corrected chi connectivity index (χ0v) is 14.1. The fraction of sp³-hybridized carbons (Fsp3) is 0.211. The van der Waals surface area contributed by atoms with Crippen molar-refractivity contribution in [2.24, 2.45) is 0 Å². The maximum absolute atomic E-state index is 12.6. The van der Waals surface area contributed by atoms with E-state index in [4.69, 9.17) is 4.74 Å². The summed E-state index contributed by atoms with van der Waals surface area (Å²) >= 11 is 0. The van der Waals surface area contributed by atoms with Crippen molar-refractivity contribution < 1.29 is 4.74 Å². The number of imidazole rings is 1. The highest BCUT2D eigenvalue weighted by molar-refractivity contribution is 5.84. The second kappa shape index (κ2) is 5.96. The first-order valence-corrected chi connectivity index (χ1v) is 8.59. The van der Waals surface area contributed by atoms with Gasteiger partial charge in [-0.2, -0.15) is 4.98 Å². The third-order valence-electron chi connectivity index (χ3n) is 4.71. The molecule has 7 nitrogen and oxygen atoms in total. The van der Waals surface area contributed by atoms with Crippen LogP contribution >= 0.6 is 0 Å². The number of pyridine rings is 2. The average Bonchev–Trinajstić information content (AvgIpc) is 3.11. The summed E-state index contributed by atoms with van der Waals surface area (Å²) in [6, 6.07) is 13.3. The molecule has 1 saturated heterocycles. The number of ether oxygens (including phenoxy) is 1. The Bertz CT molecular complexity index is 1120. The smallest absolute Gasteiger partial charge is 0.257 e. The van der Waals surface area contributed by atoms with Gasteiger partial charge in [0.15, 0.2) is 5.65 Å². The summed E-state index contributed by atoms with van der Waals surface area (Å²) in [4.78, 5) is 26.9. The molecule has 0 atom stereocenters. The first kappa shape index (κ1) is 15.1. The van der Waals surface area contributed by atoms with E-state index in [1.807, 2.05) is 30.3 Å². The molecule has 0 aliphatic carbocycles. The topological polar surface area (TPSA) is 76.0 Å². The minimum absolute atomic E-state index is 0.129. The number of rotatable bonds is 2. The van der Waals surface area contributed by atoms with Gasteiger partial charge in [0, 0.05) is 31.0 Å². The highest BCUT2D eigenvalue weighted by Crippen LogP contribution is 2.24. The normalized spacial score (nSPS) is 15.0. The van der Waals surface area contributed by atoms with Gasteiger partial charge in [-0.05, 0) is 35.7 Å². The van der Waals surface area contributed by atoms with Crippen LogP contribution in [0.15, 0.2) is 53.5 Å². The molecule has 1 fully saturated rings. The monoisotopic (exact) mass is 347 g/mol. The molecule has 5 rings (SSSR count). The van der Waals surface area contributed by atoms with Crippen LogP contribution in [0.25, 0.3) is 28.0 Å². The average molecular weight is 347 g/mol. The fourth-order valence-corrected chi connectivity index (χ4v) is 3.40. The number of aromatic amines is 1. The van der Waals surface area contributed by atoms with E-state index in [0.717, 1.165) is 48.4 Å². The maximum Gasteiger partial charge on any atom is 0.257 e. The van der Waals surface area contributed by atoms with E-state index in [-0.39, 0.29) is 5.56 Å². The van der Waals surface area contributed by atoms with Crippen molar-refractivity contribution in [3.8, 4) is 5.95 Å². The largest absolute Gasteiger partial charge is 0.378 e. The van der Waals surface area contributed by atoms with Crippen molar-refractivity contribution in [1.82, 2.24) is 19.5 Å². The van der Waals surface area contributed by atoms with Crippen molar-refractivity contribution >= 4 is 27.8 Å². The number of fused-ring (bicyclic) bond motifs is 2. The van der Waals surface area contributed by atoms with Crippen LogP contribution in [0.4, 0.5) is 5.69 Å². The van der Waals surface area contributed by atoms with Crippen LogP contribution < -0.4 is 10.5 Å². The predicted octanol–water partition coefficient (Wildman–Crippen LogP) is 2.10. The number of anilines is 1. The van der Waals surface area contributed by atoms with Crippen molar-refractivity contribution in [2.45, 2.75) is 0 Å². The van der Waals surface area contributed by atoms with Crippen LogP contribution in [-0.2, 0) is 4.74 Å². The third kappa shape index (κ3) is 2.44. The molecule has 0 amide bonds. The van der Waals surface area contributed by atoms with E-state index in [0.29, 0.717) is 11.6 Å². The molecule has 0 saturated carbocycles. The molecule has 1 aliphatic rings. The van der Waals surface area contributed by atoms with Gasteiger partial charge in [-0.3, -0.25) is 4.79 Å². The van der Waals surface area contributed by atoms with Gasteiger partial charge in [0.05, 0.1) is 24.2 Å². The van der Waals surface area contributed by atoms with Crippen LogP contribution in [0.1, 0.15) is 0 Å². The Morgan fingerprint density at radius 3 is 2.77 bits per heavy atom. The van der Waals surface area contributed by atoms with Gasteiger partial charge in [0.1, 0.15) is 0 Å². The van der Waals surface area contributed by atoms with E-state index in [9.17, 15) is 4.79 Å². The van der Waals surface area contributed by atoms with Gasteiger partial charge < -0.3 is 14.6 Å². The Balaban J connectivity index is 1.72. The number of H-pyrrole nitrogens is 1. The number of nitrogens with one attached hydrogen (secondary N) is 1. The number of hydrogen-bond donors (Lipinski definition) is 1. The molecule has 0 bridgehead atoms. The zero-order valence-electron chi connectivity index (χ0n) is 14.1. The lowest BCUT2D eigenvalue weighted by Crippen LogP contribution is -2.36. The molecule has 1 aliphatic heterocycles. The van der Waals surface area contributed by atoms with Crippen LogP contribution in [0.2, 0.25) is 0 Å². The molecule has 1 N–H and O–H groups in total. The molecule has 4 aromatic rings. The van der Waals surface area contributed by atoms with Gasteiger partial charge >= 0.3 is 0 Å². The van der Waals surface area contributed by atoms with E-state index in [1.165, 1.54) is 0 Å². The van der Waals surface area contributed by atoms with E-state index in [2.05, 4.69) is 25.9 Å². The fourth-order valence-electron chi connectivity index (χ4n) is 3.40. The maximum atomic E-state index is 12.6. The minimum Gasteiger partial charge on any atom is -0.378 e. The molecule has 130 valence electrons. The van der Waals surface area contributed by atoms with Crippen LogP contribution in [0.3, 0.4) is 0 Å². The number of benzene rings is 1. The molecule has 4 heterocycles. The summed E-state index contributed by atoms with van der Waals surface area (Å²) in [6.45, 7) is 3.12. The second-order valence-corrected chi connectivity index (χ2v) is 6.28. The summed E-state index contributed by atoms with van der Waals surface area (Å²) in [5.74, 6) is 0.480. The van der Waals surface area contributed by atoms with Gasteiger partial charge in [0.25, 0.3) is 5.56 Å². The molecule has 1 aromatic carbocycles. The van der Waals surface area contributed by atoms with Gasteiger partial charge in [-0.15, -0.1) is 0 Å². The Morgan fingerprint density at radius 2 is 1.92 bits per heavy atom. The Kier molecular flexibility index (Phi) is 3.46. The van der Waals surface area contributed by atoms with Gasteiger partial charge in [0.2, 0.25) is 5.95 Å². The van der Waals surface area contributed by atoms with Crippen LogP contribution in [0.5, 0.6) is 0 Å². The molecular weight excluding hydrogens is 330 g/mol. The highest BCUT2D eigenvalue weighted by Gasteiger charge is 2.15. The summed E-state index contributed by atoms with van der Waals surface area (Å²) in [7, 11) is 0. The molecule has 0 unspecified atom stereocenters. The number of aromatic nitrogens is 4. The van der Waals surface area contributed by atoms with Crippen molar-refractivity contribution in [3.05, 3.63) is 59.0 Å². The first-order chi connectivity index (χ1) is 12.8. The molecule has 0 spiro atoms. The molecule has 0 radical (unpaired) electrons. The zero-order chi connectivity index (χ0) is 17.5. The third-order valence-corrected chi connectivity index (χ3v) is 4.71. The summed E-state index contributed by atoms with van der Waals surface area (Å²) in [6.07, 6.45) is 1.69. The van der Waals surface area contributed by atoms with E-state index >= 15 is 0 Å².